The van der Waals surface area contributed by atoms with Crippen LogP contribution in [-0.4, -0.2) is 57.0 Å². The number of halogens is 1. The number of pyridine rings is 1. The number of aromatic nitrogens is 3. The van der Waals surface area contributed by atoms with E-state index >= 15 is 0 Å². The van der Waals surface area contributed by atoms with Crippen LogP contribution in [0.5, 0.6) is 0 Å². The van der Waals surface area contributed by atoms with E-state index in [4.69, 9.17) is 9.51 Å². The number of piperazine rings is 1. The van der Waals surface area contributed by atoms with Crippen LogP contribution in [0.25, 0.3) is 32.9 Å². The summed E-state index contributed by atoms with van der Waals surface area (Å²) in [7, 11) is 0. The SMILES string of the molecule is O=C(c1cc(-c2ccc(F)cc2)nc2ccccc12)N1CCN(Cc2nc(-c3cccs3)no2)CC1. The van der Waals surface area contributed by atoms with Crippen molar-refractivity contribution in [3.05, 3.63) is 89.4 Å². The molecule has 36 heavy (non-hydrogen) atoms. The van der Waals surface area contributed by atoms with Gasteiger partial charge in [-0.25, -0.2) is 9.37 Å². The number of amides is 1. The van der Waals surface area contributed by atoms with Crippen LogP contribution >= 0.6 is 11.3 Å². The molecular weight excluding hydrogens is 477 g/mol. The van der Waals surface area contributed by atoms with E-state index in [2.05, 4.69) is 15.0 Å². The molecule has 5 aromatic rings. The van der Waals surface area contributed by atoms with E-state index in [0.29, 0.717) is 55.7 Å². The molecule has 0 unspecified atom stereocenters. The molecule has 9 heteroatoms. The largest absolute Gasteiger partial charge is 0.338 e. The van der Waals surface area contributed by atoms with Gasteiger partial charge in [0.25, 0.3) is 5.91 Å². The highest BCUT2D eigenvalue weighted by Gasteiger charge is 2.25. The van der Waals surface area contributed by atoms with Crippen LogP contribution in [-0.2, 0) is 6.54 Å². The molecule has 0 spiro atoms. The summed E-state index contributed by atoms with van der Waals surface area (Å²) in [6.07, 6.45) is 0. The second-order valence-corrected chi connectivity index (χ2v) is 9.58. The zero-order valence-corrected chi connectivity index (χ0v) is 20.1. The predicted octanol–water partition coefficient (Wildman–Crippen LogP) is 5.11. The van der Waals surface area contributed by atoms with E-state index in [1.165, 1.54) is 12.1 Å². The Morgan fingerprint density at radius 3 is 2.56 bits per heavy atom. The summed E-state index contributed by atoms with van der Waals surface area (Å²) in [5.74, 6) is 0.837. The molecule has 1 saturated heterocycles. The third-order valence-electron chi connectivity index (χ3n) is 6.31. The Hall–Kier alpha value is -3.95. The standard InChI is InChI=1S/C27H22FN5O2S/c28-19-9-7-18(8-10-19)23-16-21(20-4-1-2-5-22(20)29-23)27(34)33-13-11-32(12-14-33)17-25-30-26(31-35-25)24-6-3-15-36-24/h1-10,15-16H,11-14,17H2. The van der Waals surface area contributed by atoms with E-state index in [0.717, 1.165) is 21.3 Å². The maximum absolute atomic E-state index is 13.6. The van der Waals surface area contributed by atoms with Crippen LogP contribution in [0.4, 0.5) is 4.39 Å². The minimum absolute atomic E-state index is 0.0330. The van der Waals surface area contributed by atoms with Gasteiger partial charge in [-0.05, 0) is 47.8 Å². The molecule has 0 bridgehead atoms. The maximum atomic E-state index is 13.6. The van der Waals surface area contributed by atoms with Crippen molar-refractivity contribution < 1.29 is 13.7 Å². The van der Waals surface area contributed by atoms with Crippen LogP contribution in [0.3, 0.4) is 0 Å². The Morgan fingerprint density at radius 1 is 0.972 bits per heavy atom. The van der Waals surface area contributed by atoms with Crippen LogP contribution in [0.1, 0.15) is 16.2 Å². The highest BCUT2D eigenvalue weighted by Crippen LogP contribution is 2.27. The van der Waals surface area contributed by atoms with Crippen molar-refractivity contribution in [1.82, 2.24) is 24.9 Å². The van der Waals surface area contributed by atoms with Crippen molar-refractivity contribution in [2.75, 3.05) is 26.2 Å². The van der Waals surface area contributed by atoms with Gasteiger partial charge in [-0.3, -0.25) is 9.69 Å². The first-order valence-electron chi connectivity index (χ1n) is 11.7. The average molecular weight is 500 g/mol. The van der Waals surface area contributed by atoms with Gasteiger partial charge in [-0.1, -0.05) is 29.4 Å². The fourth-order valence-corrected chi connectivity index (χ4v) is 5.07. The Kier molecular flexibility index (Phi) is 6.00. The van der Waals surface area contributed by atoms with Crippen molar-refractivity contribution in [2.24, 2.45) is 0 Å². The third-order valence-corrected chi connectivity index (χ3v) is 7.18. The fraction of sp³-hybridized carbons (Fsp3) is 0.185. The highest BCUT2D eigenvalue weighted by molar-refractivity contribution is 7.13. The number of carbonyl (C=O) groups is 1. The fourth-order valence-electron chi connectivity index (χ4n) is 4.42. The van der Waals surface area contributed by atoms with Crippen LogP contribution in [0, 0.1) is 5.82 Å². The number of rotatable bonds is 5. The number of hydrogen-bond acceptors (Lipinski definition) is 7. The number of benzene rings is 2. The lowest BCUT2D eigenvalue weighted by Gasteiger charge is -2.34. The Balaban J connectivity index is 1.18. The molecule has 3 aromatic heterocycles. The zero-order valence-electron chi connectivity index (χ0n) is 19.3. The molecule has 1 amide bonds. The Morgan fingerprint density at radius 2 is 1.78 bits per heavy atom. The number of fused-ring (bicyclic) bond motifs is 1. The molecule has 2 aromatic carbocycles. The average Bonchev–Trinajstić information content (AvgIpc) is 3.61. The van der Waals surface area contributed by atoms with Crippen LogP contribution in [0.2, 0.25) is 0 Å². The molecule has 0 saturated carbocycles. The zero-order chi connectivity index (χ0) is 24.5. The Labute approximate surface area is 210 Å². The predicted molar refractivity (Wildman–Crippen MR) is 136 cm³/mol. The van der Waals surface area contributed by atoms with Gasteiger partial charge < -0.3 is 9.42 Å². The first-order chi connectivity index (χ1) is 17.6. The number of para-hydroxylation sites is 1. The summed E-state index contributed by atoms with van der Waals surface area (Å²) in [6, 6.07) is 19.5. The monoisotopic (exact) mass is 499 g/mol. The second-order valence-electron chi connectivity index (χ2n) is 8.64. The van der Waals surface area contributed by atoms with Crippen molar-refractivity contribution >= 4 is 28.1 Å². The molecule has 1 aliphatic heterocycles. The molecule has 1 aliphatic rings. The first-order valence-corrected chi connectivity index (χ1v) is 12.6. The number of carbonyl (C=O) groups excluding carboxylic acids is 1. The van der Waals surface area contributed by atoms with E-state index < -0.39 is 0 Å². The summed E-state index contributed by atoms with van der Waals surface area (Å²) in [5, 5.41) is 6.87. The minimum atomic E-state index is -0.308. The summed E-state index contributed by atoms with van der Waals surface area (Å²) in [4.78, 5) is 27.9. The molecule has 4 heterocycles. The van der Waals surface area contributed by atoms with Gasteiger partial charge in [0.2, 0.25) is 11.7 Å². The second kappa shape index (κ2) is 9.60. The van der Waals surface area contributed by atoms with Crippen molar-refractivity contribution in [1.29, 1.82) is 0 Å². The van der Waals surface area contributed by atoms with Crippen molar-refractivity contribution in [2.45, 2.75) is 6.54 Å². The molecule has 6 rings (SSSR count). The molecule has 7 nitrogen and oxygen atoms in total. The van der Waals surface area contributed by atoms with Crippen LogP contribution < -0.4 is 0 Å². The molecule has 0 atom stereocenters. The summed E-state index contributed by atoms with van der Waals surface area (Å²) in [6.45, 7) is 3.14. The van der Waals surface area contributed by atoms with E-state index in [-0.39, 0.29) is 11.7 Å². The highest BCUT2D eigenvalue weighted by atomic mass is 32.1. The van der Waals surface area contributed by atoms with Gasteiger partial charge in [-0.2, -0.15) is 4.98 Å². The molecule has 180 valence electrons. The topological polar surface area (TPSA) is 75.4 Å². The first kappa shape index (κ1) is 22.5. The summed E-state index contributed by atoms with van der Waals surface area (Å²) >= 11 is 1.57. The summed E-state index contributed by atoms with van der Waals surface area (Å²) in [5.41, 5.74) is 2.75. The van der Waals surface area contributed by atoms with Crippen LogP contribution in [0.15, 0.2) is 76.6 Å². The van der Waals surface area contributed by atoms with Gasteiger partial charge in [-0.15, -0.1) is 11.3 Å². The van der Waals surface area contributed by atoms with E-state index in [1.54, 1.807) is 23.5 Å². The number of thiophene rings is 1. The lowest BCUT2D eigenvalue weighted by Crippen LogP contribution is -2.48. The van der Waals surface area contributed by atoms with Gasteiger partial charge in [0, 0.05) is 37.1 Å². The van der Waals surface area contributed by atoms with E-state index in [9.17, 15) is 9.18 Å². The third kappa shape index (κ3) is 4.50. The lowest BCUT2D eigenvalue weighted by molar-refractivity contribution is 0.0617. The normalized spacial score (nSPS) is 14.4. The van der Waals surface area contributed by atoms with Crippen molar-refractivity contribution in [3.63, 3.8) is 0 Å². The van der Waals surface area contributed by atoms with Gasteiger partial charge in [0.05, 0.1) is 28.2 Å². The van der Waals surface area contributed by atoms with E-state index in [1.807, 2.05) is 52.7 Å². The molecule has 1 fully saturated rings. The maximum Gasteiger partial charge on any atom is 0.254 e. The molecule has 0 radical (unpaired) electrons. The smallest absolute Gasteiger partial charge is 0.254 e. The molecular formula is C27H22FN5O2S. The number of hydrogen-bond donors (Lipinski definition) is 0. The lowest BCUT2D eigenvalue weighted by atomic mass is 10.0. The van der Waals surface area contributed by atoms with Gasteiger partial charge in [0.1, 0.15) is 5.82 Å². The molecule has 0 aliphatic carbocycles. The number of nitrogens with zero attached hydrogens (tertiary/aromatic N) is 5. The van der Waals surface area contributed by atoms with Gasteiger partial charge >= 0.3 is 0 Å². The van der Waals surface area contributed by atoms with Crippen molar-refractivity contribution in [3.8, 4) is 22.0 Å². The molecule has 0 N–H and O–H groups in total. The van der Waals surface area contributed by atoms with Gasteiger partial charge in [0.15, 0.2) is 0 Å². The minimum Gasteiger partial charge on any atom is -0.338 e. The Bertz CT molecular complexity index is 1510. The summed E-state index contributed by atoms with van der Waals surface area (Å²) < 4.78 is 18.9. The quantitative estimate of drug-likeness (QED) is 0.335.